The quantitative estimate of drug-likeness (QED) is 0.917. The minimum Gasteiger partial charge on any atom is -0.373 e. The summed E-state index contributed by atoms with van der Waals surface area (Å²) in [5.74, 6) is 2.29. The molecule has 0 amide bonds. The average molecular weight is 257 g/mol. The molecule has 1 aliphatic rings. The first kappa shape index (κ1) is 12.1. The Morgan fingerprint density at radius 2 is 2.00 bits per heavy atom. The van der Waals surface area contributed by atoms with Gasteiger partial charge >= 0.3 is 0 Å². The van der Waals surface area contributed by atoms with Crippen LogP contribution in [0.15, 0.2) is 6.07 Å². The van der Waals surface area contributed by atoms with Crippen LogP contribution in [0, 0.1) is 13.8 Å². The Bertz CT molecular complexity index is 625. The molecule has 5 nitrogen and oxygen atoms in total. The lowest BCUT2D eigenvalue weighted by Gasteiger charge is -2.07. The molecular formula is C14H19N5. The van der Waals surface area contributed by atoms with Gasteiger partial charge in [0.2, 0.25) is 0 Å². The second kappa shape index (κ2) is 4.33. The fraction of sp³-hybridized carbons (Fsp3) is 0.500. The van der Waals surface area contributed by atoms with Crippen LogP contribution in [0.5, 0.6) is 0 Å². The molecule has 19 heavy (non-hydrogen) atoms. The highest BCUT2D eigenvalue weighted by molar-refractivity contribution is 5.63. The number of hydrogen-bond donors (Lipinski definition) is 1. The fourth-order valence-electron chi connectivity index (χ4n) is 2.39. The summed E-state index contributed by atoms with van der Waals surface area (Å²) in [7, 11) is 3.85. The summed E-state index contributed by atoms with van der Waals surface area (Å²) >= 11 is 0. The van der Waals surface area contributed by atoms with E-state index in [0.717, 1.165) is 34.3 Å². The molecule has 1 fully saturated rings. The molecule has 0 unspecified atom stereocenters. The van der Waals surface area contributed by atoms with Gasteiger partial charge in [0, 0.05) is 37.5 Å². The molecule has 3 rings (SSSR count). The van der Waals surface area contributed by atoms with Gasteiger partial charge in [0.25, 0.3) is 0 Å². The molecule has 1 N–H and O–H groups in total. The highest BCUT2D eigenvalue weighted by Gasteiger charge is 2.27. The first-order valence-electron chi connectivity index (χ1n) is 6.67. The smallest absolute Gasteiger partial charge is 0.165 e. The lowest BCUT2D eigenvalue weighted by atomic mass is 10.1. The molecule has 2 aromatic heterocycles. The Morgan fingerprint density at radius 1 is 1.26 bits per heavy atom. The van der Waals surface area contributed by atoms with Gasteiger partial charge in [0.05, 0.1) is 11.3 Å². The Hall–Kier alpha value is -1.91. The molecule has 0 radical (unpaired) electrons. The van der Waals surface area contributed by atoms with Gasteiger partial charge in [-0.15, -0.1) is 0 Å². The first-order valence-corrected chi connectivity index (χ1v) is 6.67. The Kier molecular flexibility index (Phi) is 2.77. The van der Waals surface area contributed by atoms with E-state index < -0.39 is 0 Å². The van der Waals surface area contributed by atoms with E-state index >= 15 is 0 Å². The molecule has 0 atom stereocenters. The van der Waals surface area contributed by atoms with E-state index in [1.165, 1.54) is 12.8 Å². The monoisotopic (exact) mass is 257 g/mol. The molecule has 0 saturated heterocycles. The highest BCUT2D eigenvalue weighted by atomic mass is 15.3. The van der Waals surface area contributed by atoms with Gasteiger partial charge in [-0.25, -0.2) is 9.97 Å². The molecule has 2 heterocycles. The predicted octanol–water partition coefficient (Wildman–Crippen LogP) is 2.41. The second-order valence-corrected chi connectivity index (χ2v) is 5.20. The van der Waals surface area contributed by atoms with Crippen molar-refractivity contribution in [1.82, 2.24) is 19.7 Å². The summed E-state index contributed by atoms with van der Waals surface area (Å²) < 4.78 is 1.89. The van der Waals surface area contributed by atoms with Crippen molar-refractivity contribution in [2.75, 3.05) is 12.4 Å². The second-order valence-electron chi connectivity index (χ2n) is 5.20. The van der Waals surface area contributed by atoms with Crippen LogP contribution in [0.2, 0.25) is 0 Å². The third-order valence-corrected chi connectivity index (χ3v) is 3.73. The zero-order chi connectivity index (χ0) is 13.6. The van der Waals surface area contributed by atoms with E-state index in [9.17, 15) is 0 Å². The zero-order valence-corrected chi connectivity index (χ0v) is 11.9. The normalized spacial score (nSPS) is 14.7. The maximum Gasteiger partial charge on any atom is 0.165 e. The van der Waals surface area contributed by atoms with Crippen LogP contribution in [-0.2, 0) is 7.05 Å². The molecular weight excluding hydrogens is 238 g/mol. The van der Waals surface area contributed by atoms with Crippen molar-refractivity contribution in [2.24, 2.45) is 7.05 Å². The van der Waals surface area contributed by atoms with Crippen LogP contribution >= 0.6 is 0 Å². The third-order valence-electron chi connectivity index (χ3n) is 3.73. The summed E-state index contributed by atoms with van der Waals surface area (Å²) in [5.41, 5.74) is 4.29. The minimum atomic E-state index is 0.617. The van der Waals surface area contributed by atoms with Gasteiger partial charge < -0.3 is 5.32 Å². The number of nitrogens with one attached hydrogen (secondary N) is 1. The van der Waals surface area contributed by atoms with Crippen LogP contribution in [-0.4, -0.2) is 26.8 Å². The Labute approximate surface area is 113 Å². The molecule has 0 bridgehead atoms. The molecule has 0 spiro atoms. The van der Waals surface area contributed by atoms with Gasteiger partial charge in [-0.2, -0.15) is 5.10 Å². The van der Waals surface area contributed by atoms with E-state index in [-0.39, 0.29) is 0 Å². The van der Waals surface area contributed by atoms with Crippen molar-refractivity contribution >= 4 is 5.82 Å². The molecule has 1 aliphatic carbocycles. The van der Waals surface area contributed by atoms with Crippen molar-refractivity contribution in [3.8, 4) is 11.4 Å². The summed E-state index contributed by atoms with van der Waals surface area (Å²) in [4.78, 5) is 9.34. The number of rotatable bonds is 3. The number of aryl methyl sites for hydroxylation is 2. The maximum absolute atomic E-state index is 4.74. The number of nitrogens with zero attached hydrogens (tertiary/aromatic N) is 4. The standard InChI is InChI=1S/C14H19N5/c1-8-13(9(2)19(4)18-8)14-16-11(10-5-6-10)7-12(15-3)17-14/h7,10H,5-6H2,1-4H3,(H,15,16,17). The summed E-state index contributed by atoms with van der Waals surface area (Å²) in [5, 5.41) is 7.58. The lowest BCUT2D eigenvalue weighted by Crippen LogP contribution is -2.01. The summed E-state index contributed by atoms with van der Waals surface area (Å²) in [6, 6.07) is 2.06. The SMILES string of the molecule is CNc1cc(C2CC2)nc(-c2c(C)nn(C)c2C)n1. The van der Waals surface area contributed by atoms with Crippen LogP contribution in [0.1, 0.15) is 35.8 Å². The Balaban J connectivity index is 2.15. The van der Waals surface area contributed by atoms with Crippen molar-refractivity contribution in [1.29, 1.82) is 0 Å². The van der Waals surface area contributed by atoms with Crippen molar-refractivity contribution in [3.63, 3.8) is 0 Å². The van der Waals surface area contributed by atoms with Crippen LogP contribution in [0.3, 0.4) is 0 Å². The van der Waals surface area contributed by atoms with Crippen LogP contribution in [0.25, 0.3) is 11.4 Å². The number of aromatic nitrogens is 4. The van der Waals surface area contributed by atoms with Crippen LogP contribution in [0.4, 0.5) is 5.82 Å². The van der Waals surface area contributed by atoms with E-state index in [1.54, 1.807) is 0 Å². The first-order chi connectivity index (χ1) is 9.10. The largest absolute Gasteiger partial charge is 0.373 e. The Morgan fingerprint density at radius 3 is 2.53 bits per heavy atom. The molecule has 2 aromatic rings. The van der Waals surface area contributed by atoms with E-state index in [1.807, 2.05) is 25.7 Å². The van der Waals surface area contributed by atoms with E-state index in [2.05, 4.69) is 28.4 Å². The van der Waals surface area contributed by atoms with Gasteiger partial charge in [-0.05, 0) is 26.7 Å². The van der Waals surface area contributed by atoms with Crippen LogP contribution < -0.4 is 5.32 Å². The van der Waals surface area contributed by atoms with Gasteiger partial charge in [0.15, 0.2) is 5.82 Å². The number of anilines is 1. The highest BCUT2D eigenvalue weighted by Crippen LogP contribution is 2.40. The zero-order valence-electron chi connectivity index (χ0n) is 11.9. The topological polar surface area (TPSA) is 55.6 Å². The lowest BCUT2D eigenvalue weighted by molar-refractivity contribution is 0.731. The van der Waals surface area contributed by atoms with Crippen molar-refractivity contribution in [3.05, 3.63) is 23.1 Å². The fourth-order valence-corrected chi connectivity index (χ4v) is 2.39. The van der Waals surface area contributed by atoms with E-state index in [4.69, 9.17) is 4.98 Å². The van der Waals surface area contributed by atoms with Gasteiger partial charge in [-0.3, -0.25) is 4.68 Å². The van der Waals surface area contributed by atoms with Gasteiger partial charge in [0.1, 0.15) is 5.82 Å². The average Bonchev–Trinajstić information content (AvgIpc) is 3.19. The number of hydrogen-bond acceptors (Lipinski definition) is 4. The van der Waals surface area contributed by atoms with Crippen molar-refractivity contribution in [2.45, 2.75) is 32.6 Å². The molecule has 0 aliphatic heterocycles. The minimum absolute atomic E-state index is 0.617. The predicted molar refractivity (Wildman–Crippen MR) is 75.2 cm³/mol. The summed E-state index contributed by atoms with van der Waals surface area (Å²) in [6.07, 6.45) is 2.48. The molecule has 5 heteroatoms. The molecule has 100 valence electrons. The maximum atomic E-state index is 4.74. The third kappa shape index (κ3) is 2.09. The van der Waals surface area contributed by atoms with Crippen molar-refractivity contribution < 1.29 is 0 Å². The summed E-state index contributed by atoms with van der Waals surface area (Å²) in [6.45, 7) is 4.07. The van der Waals surface area contributed by atoms with Gasteiger partial charge in [-0.1, -0.05) is 0 Å². The molecule has 0 aromatic carbocycles. The molecule has 1 saturated carbocycles. The van der Waals surface area contributed by atoms with E-state index in [0.29, 0.717) is 5.92 Å².